The van der Waals surface area contributed by atoms with Gasteiger partial charge >= 0.3 is 0 Å². The van der Waals surface area contributed by atoms with Crippen LogP contribution < -0.4 is 14.8 Å². The number of carbonyl (C=O) groups excluding carboxylic acids is 1. The summed E-state index contributed by atoms with van der Waals surface area (Å²) in [4.78, 5) is 11.1. The first kappa shape index (κ1) is 13.9. The normalized spacial score (nSPS) is 9.95. The quantitative estimate of drug-likeness (QED) is 0.927. The number of anilines is 1. The monoisotopic (exact) mass is 271 g/mol. The maximum absolute atomic E-state index is 11.1. The van der Waals surface area contributed by atoms with Gasteiger partial charge in [0.1, 0.15) is 11.5 Å². The molecule has 104 valence electrons. The third kappa shape index (κ3) is 2.91. The van der Waals surface area contributed by atoms with Crippen LogP contribution in [0, 0.1) is 0 Å². The first-order valence-electron chi connectivity index (χ1n) is 6.24. The van der Waals surface area contributed by atoms with Crippen LogP contribution in [0.1, 0.15) is 6.92 Å². The van der Waals surface area contributed by atoms with Gasteiger partial charge in [-0.2, -0.15) is 0 Å². The standard InChI is InChI=1S/C16H17NO3/c1-11(18)17-13-7-4-6-12(10-13)16-14(19-2)8-5-9-15(16)20-3/h4-10H,1-3H3,(H,17,18). The lowest BCUT2D eigenvalue weighted by Gasteiger charge is -2.14. The van der Waals surface area contributed by atoms with Crippen LogP contribution in [0.3, 0.4) is 0 Å². The Morgan fingerprint density at radius 1 is 1.00 bits per heavy atom. The highest BCUT2D eigenvalue weighted by Crippen LogP contribution is 2.38. The van der Waals surface area contributed by atoms with Crippen molar-refractivity contribution in [3.63, 3.8) is 0 Å². The van der Waals surface area contributed by atoms with E-state index >= 15 is 0 Å². The van der Waals surface area contributed by atoms with E-state index in [1.807, 2.05) is 42.5 Å². The highest BCUT2D eigenvalue weighted by atomic mass is 16.5. The molecule has 0 aromatic heterocycles. The fourth-order valence-electron chi connectivity index (χ4n) is 2.09. The molecule has 0 aliphatic rings. The Balaban J connectivity index is 2.53. The molecule has 0 spiro atoms. The molecule has 2 aromatic carbocycles. The molecule has 20 heavy (non-hydrogen) atoms. The van der Waals surface area contributed by atoms with E-state index in [1.54, 1.807) is 14.2 Å². The lowest BCUT2D eigenvalue weighted by Crippen LogP contribution is -2.05. The Bertz CT molecular complexity index is 601. The fraction of sp³-hybridized carbons (Fsp3) is 0.188. The SMILES string of the molecule is COc1cccc(OC)c1-c1cccc(NC(C)=O)c1. The summed E-state index contributed by atoms with van der Waals surface area (Å²) < 4.78 is 10.8. The number of ether oxygens (including phenoxy) is 2. The first-order valence-corrected chi connectivity index (χ1v) is 6.24. The van der Waals surface area contributed by atoms with Gasteiger partial charge in [0.25, 0.3) is 0 Å². The molecule has 0 saturated heterocycles. The summed E-state index contributed by atoms with van der Waals surface area (Å²) in [5, 5.41) is 2.77. The summed E-state index contributed by atoms with van der Waals surface area (Å²) >= 11 is 0. The number of hydrogen-bond acceptors (Lipinski definition) is 3. The number of methoxy groups -OCH3 is 2. The smallest absolute Gasteiger partial charge is 0.221 e. The Labute approximate surface area is 118 Å². The van der Waals surface area contributed by atoms with Crippen molar-refractivity contribution in [3.8, 4) is 22.6 Å². The molecule has 0 aliphatic heterocycles. The van der Waals surface area contributed by atoms with E-state index in [-0.39, 0.29) is 5.91 Å². The van der Waals surface area contributed by atoms with Crippen molar-refractivity contribution >= 4 is 11.6 Å². The van der Waals surface area contributed by atoms with Crippen molar-refractivity contribution < 1.29 is 14.3 Å². The zero-order chi connectivity index (χ0) is 14.5. The van der Waals surface area contributed by atoms with Crippen molar-refractivity contribution in [2.24, 2.45) is 0 Å². The van der Waals surface area contributed by atoms with Crippen LogP contribution in [0.15, 0.2) is 42.5 Å². The summed E-state index contributed by atoms with van der Waals surface area (Å²) in [6.45, 7) is 1.48. The molecule has 2 aromatic rings. The zero-order valence-electron chi connectivity index (χ0n) is 11.8. The van der Waals surface area contributed by atoms with E-state index in [9.17, 15) is 4.79 Å². The molecule has 4 heteroatoms. The second kappa shape index (κ2) is 6.10. The topological polar surface area (TPSA) is 47.6 Å². The predicted molar refractivity (Wildman–Crippen MR) is 79.3 cm³/mol. The number of benzene rings is 2. The van der Waals surface area contributed by atoms with Gasteiger partial charge < -0.3 is 14.8 Å². The number of amides is 1. The van der Waals surface area contributed by atoms with E-state index in [4.69, 9.17) is 9.47 Å². The average molecular weight is 271 g/mol. The van der Waals surface area contributed by atoms with Gasteiger partial charge in [0.2, 0.25) is 5.91 Å². The second-order valence-corrected chi connectivity index (χ2v) is 4.30. The van der Waals surface area contributed by atoms with Crippen LogP contribution in [0.25, 0.3) is 11.1 Å². The van der Waals surface area contributed by atoms with Crippen molar-refractivity contribution in [2.45, 2.75) is 6.92 Å². The highest BCUT2D eigenvalue weighted by molar-refractivity contribution is 5.90. The van der Waals surface area contributed by atoms with Crippen molar-refractivity contribution in [1.29, 1.82) is 0 Å². The molecule has 0 saturated carbocycles. The number of rotatable bonds is 4. The third-order valence-electron chi connectivity index (χ3n) is 2.90. The van der Waals surface area contributed by atoms with Gasteiger partial charge in [0.15, 0.2) is 0 Å². The molecule has 0 bridgehead atoms. The number of nitrogens with one attached hydrogen (secondary N) is 1. The fourth-order valence-corrected chi connectivity index (χ4v) is 2.09. The Morgan fingerprint density at radius 2 is 1.60 bits per heavy atom. The van der Waals surface area contributed by atoms with Crippen LogP contribution >= 0.6 is 0 Å². The van der Waals surface area contributed by atoms with E-state index in [0.717, 1.165) is 28.3 Å². The van der Waals surface area contributed by atoms with Crippen molar-refractivity contribution in [2.75, 3.05) is 19.5 Å². The molecular weight excluding hydrogens is 254 g/mol. The number of carbonyl (C=O) groups is 1. The van der Waals surface area contributed by atoms with Crippen LogP contribution in [0.4, 0.5) is 5.69 Å². The zero-order valence-corrected chi connectivity index (χ0v) is 11.8. The van der Waals surface area contributed by atoms with E-state index in [2.05, 4.69) is 5.32 Å². The molecule has 1 amide bonds. The van der Waals surface area contributed by atoms with Gasteiger partial charge in [0, 0.05) is 12.6 Å². The van der Waals surface area contributed by atoms with E-state index in [0.29, 0.717) is 0 Å². The molecular formula is C16H17NO3. The minimum atomic E-state index is -0.103. The highest BCUT2D eigenvalue weighted by Gasteiger charge is 2.12. The largest absolute Gasteiger partial charge is 0.496 e. The molecule has 0 unspecified atom stereocenters. The minimum Gasteiger partial charge on any atom is -0.496 e. The van der Waals surface area contributed by atoms with Crippen LogP contribution in [0.2, 0.25) is 0 Å². The average Bonchev–Trinajstić information content (AvgIpc) is 2.45. The molecule has 0 radical (unpaired) electrons. The second-order valence-electron chi connectivity index (χ2n) is 4.30. The first-order chi connectivity index (χ1) is 9.65. The van der Waals surface area contributed by atoms with Gasteiger partial charge in [-0.1, -0.05) is 18.2 Å². The lowest BCUT2D eigenvalue weighted by molar-refractivity contribution is -0.114. The van der Waals surface area contributed by atoms with Gasteiger partial charge in [-0.3, -0.25) is 4.79 Å². The Kier molecular flexibility index (Phi) is 4.25. The Hall–Kier alpha value is -2.49. The Morgan fingerprint density at radius 3 is 2.15 bits per heavy atom. The van der Waals surface area contributed by atoms with Crippen LogP contribution in [0.5, 0.6) is 11.5 Å². The summed E-state index contributed by atoms with van der Waals surface area (Å²) in [6, 6.07) is 13.2. The molecule has 0 fully saturated rings. The molecule has 0 heterocycles. The summed E-state index contributed by atoms with van der Waals surface area (Å²) in [7, 11) is 3.24. The number of hydrogen-bond donors (Lipinski definition) is 1. The van der Waals surface area contributed by atoms with Gasteiger partial charge in [-0.05, 0) is 29.8 Å². The minimum absolute atomic E-state index is 0.103. The van der Waals surface area contributed by atoms with E-state index < -0.39 is 0 Å². The van der Waals surface area contributed by atoms with Gasteiger partial charge in [0.05, 0.1) is 19.8 Å². The third-order valence-corrected chi connectivity index (χ3v) is 2.90. The maximum Gasteiger partial charge on any atom is 0.221 e. The predicted octanol–water partition coefficient (Wildman–Crippen LogP) is 3.33. The lowest BCUT2D eigenvalue weighted by atomic mass is 10.0. The summed E-state index contributed by atoms with van der Waals surface area (Å²) in [6.07, 6.45) is 0. The summed E-state index contributed by atoms with van der Waals surface area (Å²) in [5.74, 6) is 1.35. The maximum atomic E-state index is 11.1. The summed E-state index contributed by atoms with van der Waals surface area (Å²) in [5.41, 5.74) is 2.53. The van der Waals surface area contributed by atoms with Crippen molar-refractivity contribution in [3.05, 3.63) is 42.5 Å². The van der Waals surface area contributed by atoms with Crippen molar-refractivity contribution in [1.82, 2.24) is 0 Å². The molecule has 0 atom stereocenters. The van der Waals surface area contributed by atoms with E-state index in [1.165, 1.54) is 6.92 Å². The van der Waals surface area contributed by atoms with Crippen LogP contribution in [-0.4, -0.2) is 20.1 Å². The molecule has 2 rings (SSSR count). The van der Waals surface area contributed by atoms with Gasteiger partial charge in [-0.15, -0.1) is 0 Å². The molecule has 4 nitrogen and oxygen atoms in total. The van der Waals surface area contributed by atoms with Crippen LogP contribution in [-0.2, 0) is 4.79 Å². The molecule has 1 N–H and O–H groups in total. The molecule has 0 aliphatic carbocycles. The van der Waals surface area contributed by atoms with Gasteiger partial charge in [-0.25, -0.2) is 0 Å².